The maximum Gasteiger partial charge on any atom is 0.231 e. The van der Waals surface area contributed by atoms with Crippen molar-refractivity contribution in [1.82, 2.24) is 14.9 Å². The molecule has 1 aromatic heterocycles. The first-order valence-corrected chi connectivity index (χ1v) is 14.7. The largest absolute Gasteiger partial charge is 0.454 e. The minimum atomic E-state index is -3.28. The molecule has 2 aliphatic rings. The minimum Gasteiger partial charge on any atom is -0.454 e. The van der Waals surface area contributed by atoms with Gasteiger partial charge in [-0.2, -0.15) is 0 Å². The van der Waals surface area contributed by atoms with Crippen molar-refractivity contribution in [3.8, 4) is 22.9 Å². The summed E-state index contributed by atoms with van der Waals surface area (Å²) in [5, 5.41) is 5.12. The number of nitrogens with zero attached hydrogens (tertiary/aromatic N) is 3. The maximum absolute atomic E-state index is 11.9. The summed E-state index contributed by atoms with van der Waals surface area (Å²) in [6.45, 7) is 3.06. The van der Waals surface area contributed by atoms with Crippen LogP contribution in [0.2, 0.25) is 5.02 Å². The Morgan fingerprint density at radius 2 is 1.74 bits per heavy atom. The van der Waals surface area contributed by atoms with Gasteiger partial charge in [-0.1, -0.05) is 17.7 Å². The number of halogens is 1. The smallest absolute Gasteiger partial charge is 0.231 e. The third kappa shape index (κ3) is 5.27. The summed E-state index contributed by atoms with van der Waals surface area (Å²) in [5.41, 5.74) is 2.73. The summed E-state index contributed by atoms with van der Waals surface area (Å²) in [7, 11) is -3.28. The lowest BCUT2D eigenvalue weighted by atomic mass is 10.0. The first kappa shape index (κ1) is 24.9. The molecule has 0 amide bonds. The zero-order valence-electron chi connectivity index (χ0n) is 20.9. The van der Waals surface area contributed by atoms with E-state index in [-0.39, 0.29) is 17.7 Å². The monoisotopic (exact) mass is 550 g/mol. The lowest BCUT2D eigenvalue weighted by Gasteiger charge is -2.33. The highest BCUT2D eigenvalue weighted by Crippen LogP contribution is 2.33. The van der Waals surface area contributed by atoms with Gasteiger partial charge >= 0.3 is 0 Å². The normalized spacial score (nSPS) is 16.2. The van der Waals surface area contributed by atoms with Gasteiger partial charge in [0.05, 0.1) is 10.4 Å². The second kappa shape index (κ2) is 10.1. The topological polar surface area (TPSA) is 93.7 Å². The summed E-state index contributed by atoms with van der Waals surface area (Å²) < 4.78 is 34.7. The maximum atomic E-state index is 11.9. The Hall–Kier alpha value is -3.40. The SMILES string of the molecule is CS(=O)(=O)c1ccc(-c2nc(NC3CCN(Cc4ccc5c(c4)OCO5)CC3)c3cc(Cl)ccc3n2)cc1. The van der Waals surface area contributed by atoms with Crippen LogP contribution in [0.3, 0.4) is 0 Å². The number of sulfone groups is 1. The Morgan fingerprint density at radius 1 is 0.974 bits per heavy atom. The average Bonchev–Trinajstić information content (AvgIpc) is 3.37. The predicted molar refractivity (Wildman–Crippen MR) is 148 cm³/mol. The molecule has 10 heteroatoms. The van der Waals surface area contributed by atoms with E-state index in [1.165, 1.54) is 11.8 Å². The number of aromatic nitrogens is 2. The van der Waals surface area contributed by atoms with Crippen molar-refractivity contribution in [2.75, 3.05) is 31.5 Å². The van der Waals surface area contributed by atoms with E-state index in [9.17, 15) is 8.42 Å². The van der Waals surface area contributed by atoms with Crippen LogP contribution in [0.1, 0.15) is 18.4 Å². The standard InChI is InChI=1S/C28H27ClN4O4S/c1-38(34,35)22-6-3-19(4-7-22)27-31-24-8-5-20(29)15-23(24)28(32-27)30-21-10-12-33(13-11-21)16-18-2-9-25-26(14-18)37-17-36-25/h2-9,14-15,21H,10-13,16-17H2,1H3,(H,30,31,32). The van der Waals surface area contributed by atoms with Crippen LogP contribution in [-0.4, -0.2) is 55.5 Å². The highest BCUT2D eigenvalue weighted by atomic mass is 35.5. The van der Waals surface area contributed by atoms with Gasteiger partial charge in [0.1, 0.15) is 5.82 Å². The van der Waals surface area contributed by atoms with Crippen molar-refractivity contribution in [3.05, 3.63) is 71.2 Å². The van der Waals surface area contributed by atoms with Gasteiger partial charge < -0.3 is 14.8 Å². The Kier molecular flexibility index (Phi) is 6.59. The van der Waals surface area contributed by atoms with Crippen molar-refractivity contribution in [3.63, 3.8) is 0 Å². The van der Waals surface area contributed by atoms with E-state index in [0.717, 1.165) is 66.3 Å². The number of hydrogen-bond donors (Lipinski definition) is 1. The molecule has 0 radical (unpaired) electrons. The van der Waals surface area contributed by atoms with Crippen LogP contribution in [-0.2, 0) is 16.4 Å². The molecule has 3 aromatic carbocycles. The molecule has 1 N–H and O–H groups in total. The molecule has 38 heavy (non-hydrogen) atoms. The predicted octanol–water partition coefficient (Wildman–Crippen LogP) is 5.16. The van der Waals surface area contributed by atoms with E-state index in [1.54, 1.807) is 24.3 Å². The van der Waals surface area contributed by atoms with Crippen molar-refractivity contribution >= 4 is 38.2 Å². The van der Waals surface area contributed by atoms with Crippen molar-refractivity contribution in [2.45, 2.75) is 30.3 Å². The highest BCUT2D eigenvalue weighted by molar-refractivity contribution is 7.90. The molecule has 0 spiro atoms. The second-order valence-corrected chi connectivity index (χ2v) is 12.2. The molecule has 6 rings (SSSR count). The van der Waals surface area contributed by atoms with Crippen LogP contribution in [0, 0.1) is 0 Å². The fourth-order valence-corrected chi connectivity index (χ4v) is 5.72. The molecule has 1 fully saturated rings. The number of nitrogens with one attached hydrogen (secondary N) is 1. The van der Waals surface area contributed by atoms with Gasteiger partial charge in [-0.25, -0.2) is 18.4 Å². The minimum absolute atomic E-state index is 0.251. The summed E-state index contributed by atoms with van der Waals surface area (Å²) in [4.78, 5) is 12.3. The molecule has 2 aliphatic heterocycles. The number of ether oxygens (including phenoxy) is 2. The molecule has 8 nitrogen and oxygen atoms in total. The molecule has 0 atom stereocenters. The number of anilines is 1. The Labute approximate surface area is 226 Å². The number of fused-ring (bicyclic) bond motifs is 2. The van der Waals surface area contributed by atoms with Crippen LogP contribution < -0.4 is 14.8 Å². The first-order chi connectivity index (χ1) is 18.3. The third-order valence-corrected chi connectivity index (χ3v) is 8.33. The number of hydrogen-bond acceptors (Lipinski definition) is 8. The average molecular weight is 551 g/mol. The van der Waals surface area contributed by atoms with Gasteiger partial charge in [0.25, 0.3) is 0 Å². The lowest BCUT2D eigenvalue weighted by molar-refractivity contribution is 0.173. The van der Waals surface area contributed by atoms with E-state index in [1.807, 2.05) is 24.3 Å². The van der Waals surface area contributed by atoms with Gasteiger partial charge in [0.2, 0.25) is 6.79 Å². The van der Waals surface area contributed by atoms with Crippen molar-refractivity contribution in [2.24, 2.45) is 0 Å². The summed E-state index contributed by atoms with van der Waals surface area (Å²) in [6.07, 6.45) is 3.13. The summed E-state index contributed by atoms with van der Waals surface area (Å²) in [5.74, 6) is 2.88. The van der Waals surface area contributed by atoms with Gasteiger partial charge in [0.15, 0.2) is 27.2 Å². The van der Waals surface area contributed by atoms with Crippen LogP contribution in [0.5, 0.6) is 11.5 Å². The second-order valence-electron chi connectivity index (χ2n) is 9.74. The Morgan fingerprint density at radius 3 is 2.50 bits per heavy atom. The molecule has 0 saturated carbocycles. The van der Waals surface area contributed by atoms with E-state index in [2.05, 4.69) is 22.3 Å². The van der Waals surface area contributed by atoms with Crippen molar-refractivity contribution < 1.29 is 17.9 Å². The molecule has 3 heterocycles. The van der Waals surface area contributed by atoms with Gasteiger partial charge in [-0.05, 0) is 73.0 Å². The molecular weight excluding hydrogens is 524 g/mol. The van der Waals surface area contributed by atoms with E-state index in [4.69, 9.17) is 31.0 Å². The molecule has 1 saturated heterocycles. The van der Waals surface area contributed by atoms with Crippen LogP contribution >= 0.6 is 11.6 Å². The number of piperidine rings is 1. The summed E-state index contributed by atoms with van der Waals surface area (Å²) in [6, 6.07) is 18.6. The number of benzene rings is 3. The highest BCUT2D eigenvalue weighted by Gasteiger charge is 2.22. The van der Waals surface area contributed by atoms with Gasteiger partial charge in [-0.3, -0.25) is 4.90 Å². The molecule has 196 valence electrons. The number of rotatable bonds is 6. The van der Waals surface area contributed by atoms with E-state index in [0.29, 0.717) is 10.8 Å². The third-order valence-electron chi connectivity index (χ3n) is 6.97. The van der Waals surface area contributed by atoms with Gasteiger partial charge in [0, 0.05) is 47.9 Å². The summed E-state index contributed by atoms with van der Waals surface area (Å²) >= 11 is 6.32. The lowest BCUT2D eigenvalue weighted by Crippen LogP contribution is -2.38. The fourth-order valence-electron chi connectivity index (χ4n) is 4.92. The zero-order valence-corrected chi connectivity index (χ0v) is 22.4. The molecular formula is C28H27ClN4O4S. The molecule has 0 unspecified atom stereocenters. The molecule has 0 bridgehead atoms. The first-order valence-electron chi connectivity index (χ1n) is 12.5. The van der Waals surface area contributed by atoms with E-state index >= 15 is 0 Å². The Bertz CT molecular complexity index is 1600. The van der Waals surface area contributed by atoms with Crippen LogP contribution in [0.4, 0.5) is 5.82 Å². The van der Waals surface area contributed by atoms with Crippen molar-refractivity contribution in [1.29, 1.82) is 0 Å². The quantitative estimate of drug-likeness (QED) is 0.352. The molecule has 4 aromatic rings. The van der Waals surface area contributed by atoms with Crippen LogP contribution in [0.25, 0.3) is 22.3 Å². The van der Waals surface area contributed by atoms with E-state index < -0.39 is 9.84 Å². The van der Waals surface area contributed by atoms with Gasteiger partial charge in [-0.15, -0.1) is 0 Å². The fraction of sp³-hybridized carbons (Fsp3) is 0.286. The Balaban J connectivity index is 1.19. The molecule has 0 aliphatic carbocycles. The number of likely N-dealkylation sites (tertiary alicyclic amines) is 1. The van der Waals surface area contributed by atoms with Crippen LogP contribution in [0.15, 0.2) is 65.6 Å². The zero-order chi connectivity index (χ0) is 26.3.